The summed E-state index contributed by atoms with van der Waals surface area (Å²) in [6.07, 6.45) is 3.05. The Balaban J connectivity index is 2.09. The monoisotopic (exact) mass is 360 g/mol. The van der Waals surface area contributed by atoms with Gasteiger partial charge in [0.25, 0.3) is 5.56 Å². The maximum Gasteiger partial charge on any atom is 0.261 e. The minimum absolute atomic E-state index is 0.106. The minimum atomic E-state index is -0.399. The molecule has 0 unspecified atom stereocenters. The van der Waals surface area contributed by atoms with Gasteiger partial charge in [-0.3, -0.25) is 14.3 Å². The average Bonchev–Trinajstić information content (AvgIpc) is 2.85. The maximum absolute atomic E-state index is 13.6. The molecule has 2 atom stereocenters. The largest absolute Gasteiger partial charge is 0.313 e. The summed E-state index contributed by atoms with van der Waals surface area (Å²) in [6, 6.07) is 4.90. The SMILES string of the molecule is CCC[C@H](c1nc2ccc(F)cc2c(=O)n1CC)N1CCN[C@@H](C)CC1. The number of benzene rings is 1. The molecule has 1 aromatic heterocycles. The van der Waals surface area contributed by atoms with Gasteiger partial charge in [-0.1, -0.05) is 13.3 Å². The highest BCUT2D eigenvalue weighted by Gasteiger charge is 2.26. The van der Waals surface area contributed by atoms with E-state index in [-0.39, 0.29) is 11.6 Å². The summed E-state index contributed by atoms with van der Waals surface area (Å²) >= 11 is 0. The fourth-order valence-corrected chi connectivity index (χ4v) is 3.86. The number of hydrogen-bond acceptors (Lipinski definition) is 4. The van der Waals surface area contributed by atoms with Crippen molar-refractivity contribution in [3.05, 3.63) is 40.2 Å². The molecule has 1 N–H and O–H groups in total. The summed E-state index contributed by atoms with van der Waals surface area (Å²) in [5, 5.41) is 3.88. The number of rotatable bonds is 5. The van der Waals surface area contributed by atoms with Crippen molar-refractivity contribution in [3.63, 3.8) is 0 Å². The van der Waals surface area contributed by atoms with Crippen LogP contribution in [-0.2, 0) is 6.54 Å². The molecule has 0 radical (unpaired) electrons. The van der Waals surface area contributed by atoms with E-state index in [0.717, 1.165) is 44.7 Å². The molecule has 1 aliphatic rings. The molecule has 3 rings (SSSR count). The van der Waals surface area contributed by atoms with Crippen molar-refractivity contribution in [1.82, 2.24) is 19.8 Å². The summed E-state index contributed by atoms with van der Waals surface area (Å²) in [7, 11) is 0. The summed E-state index contributed by atoms with van der Waals surface area (Å²) in [6.45, 7) is 9.73. The molecule has 0 amide bonds. The van der Waals surface area contributed by atoms with Crippen molar-refractivity contribution in [1.29, 1.82) is 0 Å². The van der Waals surface area contributed by atoms with Crippen LogP contribution in [0, 0.1) is 5.82 Å². The fourth-order valence-electron chi connectivity index (χ4n) is 3.86. The molecule has 2 aromatic rings. The average molecular weight is 360 g/mol. The quantitative estimate of drug-likeness (QED) is 0.890. The van der Waals surface area contributed by atoms with E-state index < -0.39 is 5.82 Å². The highest BCUT2D eigenvalue weighted by molar-refractivity contribution is 5.77. The first-order chi connectivity index (χ1) is 12.5. The third kappa shape index (κ3) is 3.81. The summed E-state index contributed by atoms with van der Waals surface area (Å²) < 4.78 is 15.3. The number of hydrogen-bond donors (Lipinski definition) is 1. The van der Waals surface area contributed by atoms with Crippen LogP contribution in [0.1, 0.15) is 51.9 Å². The van der Waals surface area contributed by atoms with Crippen LogP contribution in [0.3, 0.4) is 0 Å². The van der Waals surface area contributed by atoms with Crippen LogP contribution in [-0.4, -0.2) is 40.1 Å². The molecule has 0 saturated carbocycles. The van der Waals surface area contributed by atoms with Crippen LogP contribution >= 0.6 is 0 Å². The summed E-state index contributed by atoms with van der Waals surface area (Å²) in [5.74, 6) is 0.414. The Morgan fingerprint density at radius 3 is 2.88 bits per heavy atom. The molecule has 0 bridgehead atoms. The highest BCUT2D eigenvalue weighted by atomic mass is 19.1. The first-order valence-corrected chi connectivity index (χ1v) is 9.72. The summed E-state index contributed by atoms with van der Waals surface area (Å²) in [5.41, 5.74) is 0.438. The van der Waals surface area contributed by atoms with Gasteiger partial charge < -0.3 is 5.32 Å². The minimum Gasteiger partial charge on any atom is -0.313 e. The molecule has 6 heteroatoms. The Morgan fingerprint density at radius 2 is 2.15 bits per heavy atom. The van der Waals surface area contributed by atoms with Gasteiger partial charge in [0.05, 0.1) is 16.9 Å². The van der Waals surface area contributed by atoms with Gasteiger partial charge in [0.2, 0.25) is 0 Å². The lowest BCUT2D eigenvalue weighted by atomic mass is 10.1. The van der Waals surface area contributed by atoms with E-state index in [2.05, 4.69) is 24.1 Å². The number of fused-ring (bicyclic) bond motifs is 1. The maximum atomic E-state index is 13.6. The molecule has 2 heterocycles. The second-order valence-corrected chi connectivity index (χ2v) is 7.17. The third-order valence-electron chi connectivity index (χ3n) is 5.30. The summed E-state index contributed by atoms with van der Waals surface area (Å²) in [4.78, 5) is 20.2. The number of nitrogens with zero attached hydrogens (tertiary/aromatic N) is 3. The van der Waals surface area contributed by atoms with Gasteiger partial charge in [-0.15, -0.1) is 0 Å². The number of aromatic nitrogens is 2. The molecule has 1 aliphatic heterocycles. The molecule has 142 valence electrons. The van der Waals surface area contributed by atoms with Gasteiger partial charge in [0.15, 0.2) is 0 Å². The molecule has 1 fully saturated rings. The predicted molar refractivity (Wildman–Crippen MR) is 103 cm³/mol. The van der Waals surface area contributed by atoms with Gasteiger partial charge >= 0.3 is 0 Å². The lowest BCUT2D eigenvalue weighted by Gasteiger charge is -2.31. The smallest absolute Gasteiger partial charge is 0.261 e. The van der Waals surface area contributed by atoms with E-state index in [1.54, 1.807) is 10.6 Å². The van der Waals surface area contributed by atoms with Crippen molar-refractivity contribution < 1.29 is 4.39 Å². The standard InChI is InChI=1S/C20H29FN4O/c1-4-6-18(24-11-9-14(3)22-10-12-24)19-23-17-8-7-15(21)13-16(17)20(26)25(19)5-2/h7-8,13-14,18,22H,4-6,9-12H2,1-3H3/t14-,18+/m0/s1. The van der Waals surface area contributed by atoms with Crippen molar-refractivity contribution in [2.45, 2.75) is 58.7 Å². The molecule has 5 nitrogen and oxygen atoms in total. The first kappa shape index (κ1) is 19.0. The van der Waals surface area contributed by atoms with Crippen LogP contribution in [0.5, 0.6) is 0 Å². The van der Waals surface area contributed by atoms with Crippen molar-refractivity contribution in [3.8, 4) is 0 Å². The van der Waals surface area contributed by atoms with E-state index >= 15 is 0 Å². The highest BCUT2D eigenvalue weighted by Crippen LogP contribution is 2.26. The molecular formula is C20H29FN4O. The van der Waals surface area contributed by atoms with E-state index in [1.807, 2.05) is 6.92 Å². The lowest BCUT2D eigenvalue weighted by Crippen LogP contribution is -2.37. The van der Waals surface area contributed by atoms with Gasteiger partial charge in [-0.25, -0.2) is 9.37 Å². The van der Waals surface area contributed by atoms with Gasteiger partial charge in [-0.05, 0) is 44.9 Å². The van der Waals surface area contributed by atoms with E-state index in [9.17, 15) is 9.18 Å². The van der Waals surface area contributed by atoms with E-state index in [0.29, 0.717) is 23.5 Å². The number of halogens is 1. The Bertz CT molecular complexity index is 819. The Hall–Kier alpha value is -1.79. The molecule has 26 heavy (non-hydrogen) atoms. The van der Waals surface area contributed by atoms with Crippen molar-refractivity contribution in [2.75, 3.05) is 19.6 Å². The zero-order valence-electron chi connectivity index (χ0n) is 16.0. The van der Waals surface area contributed by atoms with E-state index in [4.69, 9.17) is 4.98 Å². The molecular weight excluding hydrogens is 331 g/mol. The molecule has 1 saturated heterocycles. The van der Waals surface area contributed by atoms with Crippen molar-refractivity contribution >= 4 is 10.9 Å². The van der Waals surface area contributed by atoms with Gasteiger partial charge in [0, 0.05) is 32.2 Å². The van der Waals surface area contributed by atoms with Crippen LogP contribution in [0.2, 0.25) is 0 Å². The Labute approximate surface area is 154 Å². The topological polar surface area (TPSA) is 50.2 Å². The lowest BCUT2D eigenvalue weighted by molar-refractivity contribution is 0.184. The van der Waals surface area contributed by atoms with Crippen LogP contribution in [0.15, 0.2) is 23.0 Å². The van der Waals surface area contributed by atoms with E-state index in [1.165, 1.54) is 12.1 Å². The fraction of sp³-hybridized carbons (Fsp3) is 0.600. The zero-order chi connectivity index (χ0) is 18.7. The Kier molecular flexibility index (Phi) is 6.04. The first-order valence-electron chi connectivity index (χ1n) is 9.72. The second-order valence-electron chi connectivity index (χ2n) is 7.17. The van der Waals surface area contributed by atoms with Crippen LogP contribution in [0.4, 0.5) is 4.39 Å². The van der Waals surface area contributed by atoms with Crippen LogP contribution in [0.25, 0.3) is 10.9 Å². The third-order valence-corrected chi connectivity index (χ3v) is 5.30. The van der Waals surface area contributed by atoms with Crippen LogP contribution < -0.4 is 10.9 Å². The Morgan fingerprint density at radius 1 is 1.35 bits per heavy atom. The van der Waals surface area contributed by atoms with Gasteiger partial charge in [0.1, 0.15) is 11.6 Å². The second kappa shape index (κ2) is 8.27. The predicted octanol–water partition coefficient (Wildman–Crippen LogP) is 3.08. The molecule has 0 spiro atoms. The molecule has 0 aliphatic carbocycles. The normalized spacial score (nSPS) is 20.2. The van der Waals surface area contributed by atoms with Crippen molar-refractivity contribution in [2.24, 2.45) is 0 Å². The number of nitrogens with one attached hydrogen (secondary N) is 1. The zero-order valence-corrected chi connectivity index (χ0v) is 16.0. The van der Waals surface area contributed by atoms with Gasteiger partial charge in [-0.2, -0.15) is 0 Å². The molecule has 1 aromatic carbocycles.